The lowest BCUT2D eigenvalue weighted by atomic mass is 10.0. The van der Waals surface area contributed by atoms with Gasteiger partial charge in [-0.2, -0.15) is 0 Å². The summed E-state index contributed by atoms with van der Waals surface area (Å²) in [6.07, 6.45) is 0.598. The molecule has 1 fully saturated rings. The second-order valence-electron chi connectivity index (χ2n) is 2.78. The fourth-order valence-corrected chi connectivity index (χ4v) is 1.11. The summed E-state index contributed by atoms with van der Waals surface area (Å²) in [5.74, 6) is 0. The van der Waals surface area contributed by atoms with Gasteiger partial charge in [-0.05, 0) is 20.0 Å². The van der Waals surface area contributed by atoms with Crippen molar-refractivity contribution >= 4 is 12.4 Å². The van der Waals surface area contributed by atoms with Gasteiger partial charge in [-0.25, -0.2) is 0 Å². The van der Waals surface area contributed by atoms with Gasteiger partial charge in [0.15, 0.2) is 0 Å². The number of likely N-dealkylation sites (tertiary alicyclic amines) is 1. The predicted molar refractivity (Wildman–Crippen MR) is 43.3 cm³/mol. The van der Waals surface area contributed by atoms with Crippen molar-refractivity contribution in [2.24, 2.45) is 5.73 Å². The maximum absolute atomic E-state index is 9.18. The Kier molecular flexibility index (Phi) is 4.20. The molecule has 0 spiro atoms. The number of hydrogen-bond acceptors (Lipinski definition) is 3. The first-order valence-electron chi connectivity index (χ1n) is 3.32. The van der Waals surface area contributed by atoms with E-state index < -0.39 is 0 Å². The standard InChI is InChI=1S/C6H14N2O.ClH/c1-8-3-2-5(7)6(9)4-8;/h5-6,9H,2-4,7H2,1H3;1H/t5?,6-;/m0./s1. The van der Waals surface area contributed by atoms with Crippen LogP contribution in [-0.2, 0) is 0 Å². The lowest BCUT2D eigenvalue weighted by Crippen LogP contribution is -2.49. The van der Waals surface area contributed by atoms with Crippen LogP contribution in [0.15, 0.2) is 0 Å². The van der Waals surface area contributed by atoms with Gasteiger partial charge in [0.05, 0.1) is 6.10 Å². The first-order chi connectivity index (χ1) is 4.20. The smallest absolute Gasteiger partial charge is 0.0818 e. The fraction of sp³-hybridized carbons (Fsp3) is 1.00. The fourth-order valence-electron chi connectivity index (χ4n) is 1.11. The molecular formula is C6H15ClN2O. The van der Waals surface area contributed by atoms with Crippen LogP contribution in [0.25, 0.3) is 0 Å². The predicted octanol–water partition coefficient (Wildman–Crippen LogP) is -0.568. The van der Waals surface area contributed by atoms with Crippen LogP contribution in [0.1, 0.15) is 6.42 Å². The number of likely N-dealkylation sites (N-methyl/N-ethyl adjacent to an activating group) is 1. The zero-order valence-electron chi connectivity index (χ0n) is 6.16. The Balaban J connectivity index is 0.000000810. The molecule has 0 aliphatic carbocycles. The summed E-state index contributed by atoms with van der Waals surface area (Å²) in [4.78, 5) is 2.09. The second kappa shape index (κ2) is 4.13. The summed E-state index contributed by atoms with van der Waals surface area (Å²) in [6.45, 7) is 1.74. The Labute approximate surface area is 67.6 Å². The molecule has 62 valence electrons. The third kappa shape index (κ3) is 2.42. The summed E-state index contributed by atoms with van der Waals surface area (Å²) < 4.78 is 0. The van der Waals surface area contributed by atoms with Gasteiger partial charge in [0.25, 0.3) is 0 Å². The zero-order valence-corrected chi connectivity index (χ0v) is 6.97. The van der Waals surface area contributed by atoms with E-state index in [9.17, 15) is 5.11 Å². The minimum atomic E-state index is -0.316. The molecule has 3 nitrogen and oxygen atoms in total. The highest BCUT2D eigenvalue weighted by Gasteiger charge is 2.21. The first kappa shape index (κ1) is 10.2. The SMILES string of the molecule is CN1CCC(N)[C@@H](O)C1.Cl. The Morgan fingerprint density at radius 2 is 2.20 bits per heavy atom. The molecule has 0 amide bonds. The number of halogens is 1. The summed E-state index contributed by atoms with van der Waals surface area (Å²) >= 11 is 0. The third-order valence-electron chi connectivity index (χ3n) is 1.84. The number of nitrogens with zero attached hydrogens (tertiary/aromatic N) is 1. The van der Waals surface area contributed by atoms with Crippen molar-refractivity contribution in [1.29, 1.82) is 0 Å². The molecule has 1 rings (SSSR count). The number of nitrogens with two attached hydrogens (primary N) is 1. The molecule has 1 heterocycles. The lowest BCUT2D eigenvalue weighted by Gasteiger charge is -2.31. The molecule has 4 heteroatoms. The monoisotopic (exact) mass is 166 g/mol. The van der Waals surface area contributed by atoms with Gasteiger partial charge in [-0.3, -0.25) is 0 Å². The molecule has 0 saturated carbocycles. The van der Waals surface area contributed by atoms with Crippen molar-refractivity contribution in [3.05, 3.63) is 0 Å². The van der Waals surface area contributed by atoms with Crippen LogP contribution in [0, 0.1) is 0 Å². The number of aliphatic hydroxyl groups excluding tert-OH is 1. The van der Waals surface area contributed by atoms with E-state index in [1.807, 2.05) is 7.05 Å². The van der Waals surface area contributed by atoms with Crippen LogP contribution in [-0.4, -0.2) is 42.3 Å². The van der Waals surface area contributed by atoms with E-state index in [1.165, 1.54) is 0 Å². The maximum Gasteiger partial charge on any atom is 0.0818 e. The van der Waals surface area contributed by atoms with Gasteiger partial charge in [0.1, 0.15) is 0 Å². The van der Waals surface area contributed by atoms with E-state index in [0.717, 1.165) is 19.5 Å². The van der Waals surface area contributed by atoms with Crippen molar-refractivity contribution in [3.8, 4) is 0 Å². The summed E-state index contributed by atoms with van der Waals surface area (Å²) in [5, 5.41) is 9.18. The van der Waals surface area contributed by atoms with Crippen molar-refractivity contribution in [3.63, 3.8) is 0 Å². The summed E-state index contributed by atoms with van der Waals surface area (Å²) in [6, 6.07) is 0.00111. The van der Waals surface area contributed by atoms with Crippen molar-refractivity contribution in [2.45, 2.75) is 18.6 Å². The van der Waals surface area contributed by atoms with Crippen molar-refractivity contribution in [2.75, 3.05) is 20.1 Å². The van der Waals surface area contributed by atoms with E-state index in [2.05, 4.69) is 4.90 Å². The molecule has 1 unspecified atom stereocenters. The van der Waals surface area contributed by atoms with E-state index in [1.54, 1.807) is 0 Å². The van der Waals surface area contributed by atoms with Crippen LogP contribution in [0.4, 0.5) is 0 Å². The minimum Gasteiger partial charge on any atom is -0.390 e. The average Bonchev–Trinajstić information content (AvgIpc) is 1.80. The molecule has 0 aromatic carbocycles. The molecule has 0 radical (unpaired) electrons. The van der Waals surface area contributed by atoms with E-state index in [0.29, 0.717) is 0 Å². The average molecular weight is 167 g/mol. The van der Waals surface area contributed by atoms with Gasteiger partial charge < -0.3 is 15.7 Å². The number of β-amino-alcohol motifs (C(OH)–C–C–N with tert-alkyl or cyclic N) is 1. The molecule has 0 aromatic rings. The maximum atomic E-state index is 9.18. The molecule has 2 atom stereocenters. The highest BCUT2D eigenvalue weighted by atomic mass is 35.5. The molecular weight excluding hydrogens is 152 g/mol. The van der Waals surface area contributed by atoms with Crippen molar-refractivity contribution in [1.82, 2.24) is 4.90 Å². The minimum absolute atomic E-state index is 0. The number of piperidine rings is 1. The quantitative estimate of drug-likeness (QED) is 0.507. The van der Waals surface area contributed by atoms with Gasteiger partial charge in [-0.1, -0.05) is 0 Å². The molecule has 0 aromatic heterocycles. The highest BCUT2D eigenvalue weighted by Crippen LogP contribution is 2.05. The van der Waals surface area contributed by atoms with Crippen LogP contribution in [0.2, 0.25) is 0 Å². The molecule has 1 aliphatic heterocycles. The van der Waals surface area contributed by atoms with E-state index >= 15 is 0 Å². The van der Waals surface area contributed by atoms with Crippen molar-refractivity contribution < 1.29 is 5.11 Å². The first-order valence-corrected chi connectivity index (χ1v) is 3.32. The molecule has 1 aliphatic rings. The molecule has 3 N–H and O–H groups in total. The summed E-state index contributed by atoms with van der Waals surface area (Å²) in [7, 11) is 2.00. The highest BCUT2D eigenvalue weighted by molar-refractivity contribution is 5.85. The zero-order chi connectivity index (χ0) is 6.85. The van der Waals surface area contributed by atoms with Gasteiger partial charge in [0.2, 0.25) is 0 Å². The normalized spacial score (nSPS) is 35.1. The van der Waals surface area contributed by atoms with Gasteiger partial charge in [0, 0.05) is 12.6 Å². The number of aliphatic hydroxyl groups is 1. The largest absolute Gasteiger partial charge is 0.390 e. The van der Waals surface area contributed by atoms with E-state index in [-0.39, 0.29) is 24.6 Å². The molecule has 0 bridgehead atoms. The Bertz CT molecular complexity index is 102. The lowest BCUT2D eigenvalue weighted by molar-refractivity contribution is 0.0661. The molecule has 1 saturated heterocycles. The Hall–Kier alpha value is 0.170. The Morgan fingerprint density at radius 3 is 2.60 bits per heavy atom. The van der Waals surface area contributed by atoms with Crippen LogP contribution in [0.5, 0.6) is 0 Å². The number of hydrogen-bond donors (Lipinski definition) is 2. The van der Waals surface area contributed by atoms with Crippen LogP contribution < -0.4 is 5.73 Å². The van der Waals surface area contributed by atoms with Crippen LogP contribution >= 0.6 is 12.4 Å². The Morgan fingerprint density at radius 1 is 1.60 bits per heavy atom. The third-order valence-corrected chi connectivity index (χ3v) is 1.84. The number of rotatable bonds is 0. The summed E-state index contributed by atoms with van der Waals surface area (Å²) in [5.41, 5.74) is 5.56. The second-order valence-corrected chi connectivity index (χ2v) is 2.78. The topological polar surface area (TPSA) is 49.5 Å². The van der Waals surface area contributed by atoms with Gasteiger partial charge in [-0.15, -0.1) is 12.4 Å². The van der Waals surface area contributed by atoms with Crippen LogP contribution in [0.3, 0.4) is 0 Å². The molecule has 10 heavy (non-hydrogen) atoms. The van der Waals surface area contributed by atoms with E-state index in [4.69, 9.17) is 5.73 Å². The van der Waals surface area contributed by atoms with Gasteiger partial charge >= 0.3 is 0 Å².